The van der Waals surface area contributed by atoms with Crippen molar-refractivity contribution in [2.75, 3.05) is 26.4 Å². The Balaban J connectivity index is 1.92. The molecule has 0 unspecified atom stereocenters. The first-order valence-corrected chi connectivity index (χ1v) is 7.09. The van der Waals surface area contributed by atoms with Crippen molar-refractivity contribution in [3.05, 3.63) is 18.7 Å². The monoisotopic (exact) mass is 311 g/mol. The van der Waals surface area contributed by atoms with Crippen molar-refractivity contribution < 1.29 is 23.8 Å². The van der Waals surface area contributed by atoms with E-state index < -0.39 is 17.8 Å². The highest BCUT2D eigenvalue weighted by atomic mass is 16.6. The van der Waals surface area contributed by atoms with Gasteiger partial charge < -0.3 is 14.2 Å². The molecule has 0 aromatic carbocycles. The van der Waals surface area contributed by atoms with Crippen molar-refractivity contribution in [2.24, 2.45) is 0 Å². The standard InChI is InChI=1S/C14H21N3O5/c1-14(2,3)22-13(19)17-6-7-20-8-11(17)9-21-12(18)16-5-4-15-10-16/h4-5,10-11H,6-9H2,1-3H3/t11-/m1/s1. The molecule has 1 aliphatic heterocycles. The summed E-state index contributed by atoms with van der Waals surface area (Å²) in [6, 6.07) is -0.365. The van der Waals surface area contributed by atoms with Crippen molar-refractivity contribution >= 4 is 12.2 Å². The number of aromatic nitrogens is 2. The molecule has 0 spiro atoms. The molecule has 1 aromatic heterocycles. The Kier molecular flexibility index (Phi) is 5.02. The number of hydrogen-bond acceptors (Lipinski definition) is 6. The maximum Gasteiger partial charge on any atom is 0.419 e. The van der Waals surface area contributed by atoms with Gasteiger partial charge in [0, 0.05) is 18.9 Å². The van der Waals surface area contributed by atoms with Crippen LogP contribution in [0.5, 0.6) is 0 Å². The van der Waals surface area contributed by atoms with E-state index in [2.05, 4.69) is 4.98 Å². The van der Waals surface area contributed by atoms with Crippen LogP contribution in [0.25, 0.3) is 0 Å². The topological polar surface area (TPSA) is 82.9 Å². The molecule has 0 aliphatic carbocycles. The minimum atomic E-state index is -0.576. The van der Waals surface area contributed by atoms with Gasteiger partial charge in [0.2, 0.25) is 0 Å². The van der Waals surface area contributed by atoms with Crippen LogP contribution in [-0.4, -0.2) is 64.6 Å². The van der Waals surface area contributed by atoms with Crippen molar-refractivity contribution in [1.82, 2.24) is 14.5 Å². The van der Waals surface area contributed by atoms with Crippen LogP contribution in [0.15, 0.2) is 18.7 Å². The molecule has 122 valence electrons. The van der Waals surface area contributed by atoms with E-state index in [1.54, 1.807) is 20.8 Å². The van der Waals surface area contributed by atoms with Crippen molar-refractivity contribution in [1.29, 1.82) is 0 Å². The molecule has 8 heteroatoms. The summed E-state index contributed by atoms with van der Waals surface area (Å²) in [5, 5.41) is 0. The first-order chi connectivity index (χ1) is 10.4. The van der Waals surface area contributed by atoms with Gasteiger partial charge in [-0.1, -0.05) is 0 Å². The normalized spacial score (nSPS) is 18.9. The van der Waals surface area contributed by atoms with Crippen molar-refractivity contribution in [3.63, 3.8) is 0 Å². The van der Waals surface area contributed by atoms with E-state index in [9.17, 15) is 9.59 Å². The number of rotatable bonds is 2. The molecule has 0 radical (unpaired) electrons. The molecule has 0 N–H and O–H groups in total. The van der Waals surface area contributed by atoms with Gasteiger partial charge in [-0.3, -0.25) is 4.90 Å². The lowest BCUT2D eigenvalue weighted by molar-refractivity contribution is -0.0460. The number of hydrogen-bond donors (Lipinski definition) is 0. The third kappa shape index (κ3) is 4.45. The summed E-state index contributed by atoms with van der Waals surface area (Å²) in [6.07, 6.45) is 3.35. The molecule has 1 aromatic rings. The molecule has 1 aliphatic rings. The van der Waals surface area contributed by atoms with E-state index in [-0.39, 0.29) is 12.6 Å². The van der Waals surface area contributed by atoms with Gasteiger partial charge in [-0.05, 0) is 20.8 Å². The number of nitrogens with zero attached hydrogens (tertiary/aromatic N) is 3. The first kappa shape index (κ1) is 16.3. The van der Waals surface area contributed by atoms with Crippen LogP contribution >= 0.6 is 0 Å². The fourth-order valence-corrected chi connectivity index (χ4v) is 1.96. The lowest BCUT2D eigenvalue weighted by Gasteiger charge is -2.36. The number of ether oxygens (including phenoxy) is 3. The van der Waals surface area contributed by atoms with E-state index in [1.807, 2.05) is 0 Å². The zero-order valence-electron chi connectivity index (χ0n) is 13.0. The number of imidazole rings is 1. The Morgan fingerprint density at radius 3 is 2.77 bits per heavy atom. The average Bonchev–Trinajstić information content (AvgIpc) is 2.97. The summed E-state index contributed by atoms with van der Waals surface area (Å²) in [4.78, 5) is 29.3. The van der Waals surface area contributed by atoms with Crippen LogP contribution in [0.4, 0.5) is 9.59 Å². The Morgan fingerprint density at radius 2 is 2.14 bits per heavy atom. The minimum absolute atomic E-state index is 0.0380. The summed E-state index contributed by atoms with van der Waals surface area (Å²) in [5.74, 6) is 0. The molecule has 1 saturated heterocycles. The van der Waals surface area contributed by atoms with Gasteiger partial charge in [-0.15, -0.1) is 0 Å². The summed E-state index contributed by atoms with van der Waals surface area (Å²) >= 11 is 0. The average molecular weight is 311 g/mol. The molecule has 22 heavy (non-hydrogen) atoms. The molecule has 2 heterocycles. The van der Waals surface area contributed by atoms with Gasteiger partial charge in [0.05, 0.1) is 19.3 Å². The number of amides is 1. The second-order valence-corrected chi connectivity index (χ2v) is 5.95. The van der Waals surface area contributed by atoms with E-state index in [1.165, 1.54) is 28.2 Å². The second-order valence-electron chi connectivity index (χ2n) is 5.95. The fourth-order valence-electron chi connectivity index (χ4n) is 1.96. The summed E-state index contributed by atoms with van der Waals surface area (Å²) < 4.78 is 17.1. The number of carbonyl (C=O) groups is 2. The lowest BCUT2D eigenvalue weighted by atomic mass is 10.2. The maximum atomic E-state index is 12.2. The molecular weight excluding hydrogens is 290 g/mol. The Hall–Kier alpha value is -2.09. The second kappa shape index (κ2) is 6.78. The highest BCUT2D eigenvalue weighted by Gasteiger charge is 2.32. The number of carbonyl (C=O) groups excluding carboxylic acids is 2. The zero-order chi connectivity index (χ0) is 16.2. The van der Waals surface area contributed by atoms with Gasteiger partial charge in [0.15, 0.2) is 0 Å². The summed E-state index contributed by atoms with van der Waals surface area (Å²) in [6.45, 7) is 6.60. The van der Waals surface area contributed by atoms with Gasteiger partial charge in [0.1, 0.15) is 18.5 Å². The predicted molar refractivity (Wildman–Crippen MR) is 76.5 cm³/mol. The van der Waals surface area contributed by atoms with E-state index in [0.29, 0.717) is 19.8 Å². The first-order valence-electron chi connectivity index (χ1n) is 7.09. The van der Waals surface area contributed by atoms with Gasteiger partial charge >= 0.3 is 12.2 Å². The lowest BCUT2D eigenvalue weighted by Crippen LogP contribution is -2.52. The molecule has 0 bridgehead atoms. The SMILES string of the molecule is CC(C)(C)OC(=O)N1CCOC[C@@H]1COC(=O)n1ccnc1. The molecule has 1 fully saturated rings. The molecule has 1 atom stereocenters. The molecule has 2 rings (SSSR count). The van der Waals surface area contributed by atoms with Crippen LogP contribution in [0, 0.1) is 0 Å². The van der Waals surface area contributed by atoms with Crippen molar-refractivity contribution in [3.8, 4) is 0 Å². The maximum absolute atomic E-state index is 12.2. The highest BCUT2D eigenvalue weighted by molar-refractivity contribution is 5.70. The Labute approximate surface area is 129 Å². The molecule has 1 amide bonds. The van der Waals surface area contributed by atoms with Gasteiger partial charge in [-0.2, -0.15) is 0 Å². The van der Waals surface area contributed by atoms with Gasteiger partial charge in [-0.25, -0.2) is 19.1 Å². The summed E-state index contributed by atoms with van der Waals surface area (Å²) in [5.41, 5.74) is -0.576. The third-order valence-electron chi connectivity index (χ3n) is 2.97. The quantitative estimate of drug-likeness (QED) is 0.823. The van der Waals surface area contributed by atoms with Crippen LogP contribution in [0.1, 0.15) is 20.8 Å². The van der Waals surface area contributed by atoms with E-state index in [0.717, 1.165) is 0 Å². The van der Waals surface area contributed by atoms with Crippen LogP contribution < -0.4 is 0 Å². The molecular formula is C14H21N3O5. The smallest absolute Gasteiger partial charge is 0.419 e. The minimum Gasteiger partial charge on any atom is -0.447 e. The Bertz CT molecular complexity index is 509. The van der Waals surface area contributed by atoms with Gasteiger partial charge in [0.25, 0.3) is 0 Å². The van der Waals surface area contributed by atoms with E-state index >= 15 is 0 Å². The highest BCUT2D eigenvalue weighted by Crippen LogP contribution is 2.15. The van der Waals surface area contributed by atoms with Crippen LogP contribution in [0.3, 0.4) is 0 Å². The predicted octanol–water partition coefficient (Wildman–Crippen LogP) is 1.50. The van der Waals surface area contributed by atoms with E-state index in [4.69, 9.17) is 14.2 Å². The third-order valence-corrected chi connectivity index (χ3v) is 2.97. The fraction of sp³-hybridized carbons (Fsp3) is 0.643. The zero-order valence-corrected chi connectivity index (χ0v) is 13.0. The number of morpholine rings is 1. The summed E-state index contributed by atoms with van der Waals surface area (Å²) in [7, 11) is 0. The van der Waals surface area contributed by atoms with Crippen molar-refractivity contribution in [2.45, 2.75) is 32.4 Å². The van der Waals surface area contributed by atoms with Crippen LogP contribution in [-0.2, 0) is 14.2 Å². The Morgan fingerprint density at radius 1 is 1.36 bits per heavy atom. The largest absolute Gasteiger partial charge is 0.447 e. The van der Waals surface area contributed by atoms with Crippen LogP contribution in [0.2, 0.25) is 0 Å². The molecule has 8 nitrogen and oxygen atoms in total. The molecule has 0 saturated carbocycles.